The Kier molecular flexibility index (Phi) is 7.06. The highest BCUT2D eigenvalue weighted by molar-refractivity contribution is 4.80. The van der Waals surface area contributed by atoms with Gasteiger partial charge in [0.25, 0.3) is 0 Å². The van der Waals surface area contributed by atoms with Crippen LogP contribution in [0.1, 0.15) is 52.4 Å². The molecule has 0 amide bonds. The fourth-order valence-electron chi connectivity index (χ4n) is 3.01. The normalized spacial score (nSPS) is 27.0. The molecule has 16 heavy (non-hydrogen) atoms. The predicted molar refractivity (Wildman–Crippen MR) is 71.8 cm³/mol. The average molecular weight is 226 g/mol. The average Bonchev–Trinajstić information content (AvgIpc) is 2.53. The monoisotopic (exact) mass is 226 g/mol. The molecule has 1 fully saturated rings. The van der Waals surface area contributed by atoms with E-state index in [9.17, 15) is 0 Å². The fourth-order valence-corrected chi connectivity index (χ4v) is 3.01. The number of rotatable bonds is 6. The molecule has 1 aliphatic carbocycles. The summed E-state index contributed by atoms with van der Waals surface area (Å²) >= 11 is 0. The van der Waals surface area contributed by atoms with E-state index in [2.05, 4.69) is 31.1 Å². The van der Waals surface area contributed by atoms with E-state index in [0.717, 1.165) is 12.0 Å². The van der Waals surface area contributed by atoms with Gasteiger partial charge >= 0.3 is 0 Å². The van der Waals surface area contributed by atoms with Gasteiger partial charge in [-0.3, -0.25) is 0 Å². The smallest absolute Gasteiger partial charge is 0.0104 e. The molecule has 0 aromatic rings. The van der Waals surface area contributed by atoms with E-state index in [1.807, 2.05) is 0 Å². The highest BCUT2D eigenvalue weighted by Crippen LogP contribution is 2.24. The van der Waals surface area contributed by atoms with Gasteiger partial charge in [-0.2, -0.15) is 0 Å². The van der Waals surface area contributed by atoms with Gasteiger partial charge in [-0.15, -0.1) is 0 Å². The zero-order valence-electron chi connectivity index (χ0n) is 11.5. The second-order valence-corrected chi connectivity index (χ2v) is 5.19. The highest BCUT2D eigenvalue weighted by atomic mass is 15.1. The van der Waals surface area contributed by atoms with Gasteiger partial charge in [-0.05, 0) is 45.3 Å². The molecule has 1 saturated carbocycles. The van der Waals surface area contributed by atoms with Crippen molar-refractivity contribution < 1.29 is 0 Å². The number of nitrogens with one attached hydrogen (secondary N) is 1. The molecule has 1 aliphatic rings. The third kappa shape index (κ3) is 4.42. The summed E-state index contributed by atoms with van der Waals surface area (Å²) < 4.78 is 0. The van der Waals surface area contributed by atoms with Gasteiger partial charge in [0.2, 0.25) is 0 Å². The van der Waals surface area contributed by atoms with Crippen LogP contribution < -0.4 is 5.32 Å². The molecule has 0 bridgehead atoms. The van der Waals surface area contributed by atoms with Crippen LogP contribution in [0.25, 0.3) is 0 Å². The minimum Gasteiger partial charge on any atom is -0.317 e. The van der Waals surface area contributed by atoms with Crippen molar-refractivity contribution in [3.63, 3.8) is 0 Å². The van der Waals surface area contributed by atoms with E-state index < -0.39 is 0 Å². The molecule has 0 radical (unpaired) electrons. The first-order valence-corrected chi connectivity index (χ1v) is 7.21. The summed E-state index contributed by atoms with van der Waals surface area (Å²) in [6.45, 7) is 8.35. The lowest BCUT2D eigenvalue weighted by atomic mass is 9.94. The largest absolute Gasteiger partial charge is 0.317 e. The maximum absolute atomic E-state index is 3.54. The topological polar surface area (TPSA) is 15.3 Å². The standard InChI is InChI=1S/C14H30N2/c1-4-11-16(5-2)12-13-9-7-6-8-10-14(13)15-3/h13-15H,4-12H2,1-3H3. The molecule has 1 N–H and O–H groups in total. The summed E-state index contributed by atoms with van der Waals surface area (Å²) in [4.78, 5) is 2.63. The van der Waals surface area contributed by atoms with Crippen molar-refractivity contribution in [3.05, 3.63) is 0 Å². The molecule has 96 valence electrons. The Hall–Kier alpha value is -0.0800. The van der Waals surface area contributed by atoms with Gasteiger partial charge in [0.15, 0.2) is 0 Å². The van der Waals surface area contributed by atoms with Crippen molar-refractivity contribution in [2.24, 2.45) is 5.92 Å². The van der Waals surface area contributed by atoms with E-state index in [1.165, 1.54) is 58.2 Å². The predicted octanol–water partition coefficient (Wildman–Crippen LogP) is 2.89. The minimum absolute atomic E-state index is 0.758. The molecular formula is C14H30N2. The van der Waals surface area contributed by atoms with Crippen molar-refractivity contribution in [1.29, 1.82) is 0 Å². The molecule has 2 heteroatoms. The molecule has 0 aromatic heterocycles. The van der Waals surface area contributed by atoms with Gasteiger partial charge in [0.05, 0.1) is 0 Å². The Morgan fingerprint density at radius 2 is 1.88 bits per heavy atom. The van der Waals surface area contributed by atoms with Crippen LogP contribution in [0.15, 0.2) is 0 Å². The summed E-state index contributed by atoms with van der Waals surface area (Å²) in [6, 6.07) is 0.758. The van der Waals surface area contributed by atoms with Crippen molar-refractivity contribution >= 4 is 0 Å². The maximum atomic E-state index is 3.54. The lowest BCUT2D eigenvalue weighted by molar-refractivity contribution is 0.204. The number of hydrogen-bond acceptors (Lipinski definition) is 2. The molecule has 2 atom stereocenters. The van der Waals surface area contributed by atoms with Crippen LogP contribution in [-0.2, 0) is 0 Å². The summed E-state index contributed by atoms with van der Waals surface area (Å²) in [7, 11) is 2.14. The van der Waals surface area contributed by atoms with Gasteiger partial charge in [0, 0.05) is 12.6 Å². The Morgan fingerprint density at radius 1 is 1.12 bits per heavy atom. The first kappa shape index (κ1) is 14.0. The highest BCUT2D eigenvalue weighted by Gasteiger charge is 2.23. The Labute approximate surface area is 102 Å². The zero-order chi connectivity index (χ0) is 11.8. The van der Waals surface area contributed by atoms with Crippen molar-refractivity contribution in [1.82, 2.24) is 10.2 Å². The SMILES string of the molecule is CCCN(CC)CC1CCCCCC1NC. The summed E-state index contributed by atoms with van der Waals surface area (Å²) in [6.07, 6.45) is 8.38. The number of nitrogens with zero attached hydrogens (tertiary/aromatic N) is 1. The fraction of sp³-hybridized carbons (Fsp3) is 1.00. The summed E-state index contributed by atoms with van der Waals surface area (Å²) in [5.41, 5.74) is 0. The van der Waals surface area contributed by atoms with Gasteiger partial charge in [0.1, 0.15) is 0 Å². The van der Waals surface area contributed by atoms with Gasteiger partial charge in [-0.1, -0.05) is 33.1 Å². The van der Waals surface area contributed by atoms with E-state index in [4.69, 9.17) is 0 Å². The first-order chi connectivity index (χ1) is 7.81. The molecule has 0 saturated heterocycles. The second kappa shape index (κ2) is 8.08. The lowest BCUT2D eigenvalue weighted by Gasteiger charge is -2.30. The zero-order valence-corrected chi connectivity index (χ0v) is 11.5. The Balaban J connectivity index is 2.46. The molecule has 0 spiro atoms. The molecule has 2 nitrogen and oxygen atoms in total. The van der Waals surface area contributed by atoms with Crippen molar-refractivity contribution in [3.8, 4) is 0 Å². The maximum Gasteiger partial charge on any atom is 0.0104 e. The Bertz CT molecular complexity index is 170. The van der Waals surface area contributed by atoms with E-state index in [0.29, 0.717) is 0 Å². The van der Waals surface area contributed by atoms with E-state index in [1.54, 1.807) is 0 Å². The molecule has 2 unspecified atom stereocenters. The summed E-state index contributed by atoms with van der Waals surface area (Å²) in [5.74, 6) is 0.874. The molecule has 0 aliphatic heterocycles. The Morgan fingerprint density at radius 3 is 2.50 bits per heavy atom. The van der Waals surface area contributed by atoms with Crippen LogP contribution in [0.4, 0.5) is 0 Å². The van der Waals surface area contributed by atoms with Crippen LogP contribution >= 0.6 is 0 Å². The van der Waals surface area contributed by atoms with Crippen molar-refractivity contribution in [2.45, 2.75) is 58.4 Å². The quantitative estimate of drug-likeness (QED) is 0.701. The van der Waals surface area contributed by atoms with Crippen LogP contribution in [-0.4, -0.2) is 37.6 Å². The van der Waals surface area contributed by atoms with E-state index in [-0.39, 0.29) is 0 Å². The van der Waals surface area contributed by atoms with Crippen molar-refractivity contribution in [2.75, 3.05) is 26.7 Å². The molecule has 0 aromatic carbocycles. The van der Waals surface area contributed by atoms with Gasteiger partial charge in [-0.25, -0.2) is 0 Å². The molecule has 0 heterocycles. The summed E-state index contributed by atoms with van der Waals surface area (Å²) in [5, 5.41) is 3.54. The number of hydrogen-bond donors (Lipinski definition) is 1. The van der Waals surface area contributed by atoms with Crippen LogP contribution in [0.2, 0.25) is 0 Å². The van der Waals surface area contributed by atoms with Crippen LogP contribution in [0.3, 0.4) is 0 Å². The van der Waals surface area contributed by atoms with Gasteiger partial charge < -0.3 is 10.2 Å². The second-order valence-electron chi connectivity index (χ2n) is 5.19. The first-order valence-electron chi connectivity index (χ1n) is 7.21. The van der Waals surface area contributed by atoms with Crippen LogP contribution in [0.5, 0.6) is 0 Å². The third-order valence-electron chi connectivity index (χ3n) is 4.01. The third-order valence-corrected chi connectivity index (χ3v) is 4.01. The minimum atomic E-state index is 0.758. The van der Waals surface area contributed by atoms with E-state index >= 15 is 0 Å². The lowest BCUT2D eigenvalue weighted by Crippen LogP contribution is -2.40. The molecular weight excluding hydrogens is 196 g/mol. The molecule has 1 rings (SSSR count). The van der Waals surface area contributed by atoms with Crippen LogP contribution in [0, 0.1) is 5.92 Å².